The molecule has 0 spiro atoms. The Kier molecular flexibility index (Phi) is 3.36. The van der Waals surface area contributed by atoms with E-state index in [-0.39, 0.29) is 11.8 Å². The third kappa shape index (κ3) is 2.31. The number of benzene rings is 1. The second kappa shape index (κ2) is 5.41. The average molecular weight is 310 g/mol. The first kappa shape index (κ1) is 14.3. The van der Waals surface area contributed by atoms with Gasteiger partial charge in [0.1, 0.15) is 0 Å². The van der Waals surface area contributed by atoms with Crippen LogP contribution in [0.25, 0.3) is 0 Å². The van der Waals surface area contributed by atoms with Crippen LogP contribution in [0.3, 0.4) is 0 Å². The summed E-state index contributed by atoms with van der Waals surface area (Å²) < 4.78 is 0. The Labute approximate surface area is 136 Å². The number of fused-ring (bicyclic) bond motifs is 1. The predicted octanol–water partition coefficient (Wildman–Crippen LogP) is 3.22. The zero-order valence-corrected chi connectivity index (χ0v) is 13.6. The third-order valence-electron chi connectivity index (χ3n) is 5.14. The lowest BCUT2D eigenvalue weighted by atomic mass is 9.76. The Bertz CT molecular complexity index is 745. The zero-order chi connectivity index (χ0) is 16.0. The fourth-order valence-corrected chi connectivity index (χ4v) is 3.75. The number of carbonyl (C=O) groups excluding carboxylic acids is 1. The summed E-state index contributed by atoms with van der Waals surface area (Å²) in [7, 11) is 4.09. The summed E-state index contributed by atoms with van der Waals surface area (Å²) in [6.07, 6.45) is 4.19. The molecule has 0 radical (unpaired) electrons. The topological polar surface area (TPSA) is 61.0 Å². The molecule has 1 fully saturated rings. The molecule has 120 valence electrons. The van der Waals surface area contributed by atoms with Gasteiger partial charge in [-0.05, 0) is 24.5 Å². The molecule has 2 aromatic rings. The van der Waals surface area contributed by atoms with E-state index in [2.05, 4.69) is 38.6 Å². The minimum absolute atomic E-state index is 0.0442. The summed E-state index contributed by atoms with van der Waals surface area (Å²) in [6.45, 7) is 0. The van der Waals surface area contributed by atoms with Crippen molar-refractivity contribution in [1.82, 2.24) is 10.2 Å². The van der Waals surface area contributed by atoms with E-state index < -0.39 is 0 Å². The molecule has 1 aromatic carbocycles. The van der Waals surface area contributed by atoms with Gasteiger partial charge in [-0.1, -0.05) is 24.6 Å². The number of H-pyrrole nitrogens is 1. The molecule has 2 aliphatic rings. The monoisotopic (exact) mass is 310 g/mol. The standard InChI is InChI=1S/C18H22N4O/c1-22(2)14-9-4-3-8-12(14)13-10-15(23)19-18-16(13)17(20-21-18)11-6-5-7-11/h3-4,8-9,11,13H,5-7,10H2,1-2H3,(H2,19,20,21,23). The van der Waals surface area contributed by atoms with Gasteiger partial charge in [-0.3, -0.25) is 9.89 Å². The highest BCUT2D eigenvalue weighted by Crippen LogP contribution is 2.46. The van der Waals surface area contributed by atoms with E-state index in [4.69, 9.17) is 0 Å². The van der Waals surface area contributed by atoms with Gasteiger partial charge in [-0.2, -0.15) is 5.10 Å². The number of nitrogens with one attached hydrogen (secondary N) is 2. The molecule has 0 bridgehead atoms. The van der Waals surface area contributed by atoms with E-state index in [1.165, 1.54) is 41.8 Å². The van der Waals surface area contributed by atoms with E-state index >= 15 is 0 Å². The quantitative estimate of drug-likeness (QED) is 0.915. The third-order valence-corrected chi connectivity index (χ3v) is 5.14. The van der Waals surface area contributed by atoms with Crippen LogP contribution >= 0.6 is 0 Å². The van der Waals surface area contributed by atoms with Crippen molar-refractivity contribution in [1.29, 1.82) is 0 Å². The highest BCUT2D eigenvalue weighted by molar-refractivity contribution is 5.94. The maximum Gasteiger partial charge on any atom is 0.226 e. The van der Waals surface area contributed by atoms with Gasteiger partial charge in [-0.15, -0.1) is 0 Å². The van der Waals surface area contributed by atoms with E-state index in [1.807, 2.05) is 20.2 Å². The van der Waals surface area contributed by atoms with Gasteiger partial charge in [-0.25, -0.2) is 0 Å². The number of amides is 1. The number of para-hydroxylation sites is 1. The Hall–Kier alpha value is -2.30. The van der Waals surface area contributed by atoms with Gasteiger partial charge in [0.05, 0.1) is 0 Å². The maximum atomic E-state index is 12.2. The van der Waals surface area contributed by atoms with Crippen molar-refractivity contribution >= 4 is 17.4 Å². The van der Waals surface area contributed by atoms with Crippen LogP contribution in [0.15, 0.2) is 24.3 Å². The van der Waals surface area contributed by atoms with E-state index in [0.717, 1.165) is 5.82 Å². The van der Waals surface area contributed by atoms with Crippen molar-refractivity contribution in [2.45, 2.75) is 37.5 Å². The van der Waals surface area contributed by atoms with Crippen LogP contribution in [0.2, 0.25) is 0 Å². The Balaban J connectivity index is 1.84. The molecule has 4 rings (SSSR count). The van der Waals surface area contributed by atoms with Crippen LogP contribution in [0.5, 0.6) is 0 Å². The fraction of sp³-hybridized carbons (Fsp3) is 0.444. The van der Waals surface area contributed by atoms with Crippen molar-refractivity contribution in [3.05, 3.63) is 41.1 Å². The van der Waals surface area contributed by atoms with Crippen LogP contribution in [0.4, 0.5) is 11.5 Å². The molecule has 1 aliphatic carbocycles. The molecule has 1 amide bonds. The average Bonchev–Trinajstić information content (AvgIpc) is 2.88. The van der Waals surface area contributed by atoms with Gasteiger partial charge < -0.3 is 10.2 Å². The first-order valence-electron chi connectivity index (χ1n) is 8.29. The summed E-state index contributed by atoms with van der Waals surface area (Å²) >= 11 is 0. The summed E-state index contributed by atoms with van der Waals surface area (Å²) in [4.78, 5) is 14.3. The second-order valence-corrected chi connectivity index (χ2v) is 6.79. The number of hydrogen-bond acceptors (Lipinski definition) is 3. The van der Waals surface area contributed by atoms with Crippen molar-refractivity contribution in [2.24, 2.45) is 0 Å². The van der Waals surface area contributed by atoms with E-state index in [1.54, 1.807) is 0 Å². The minimum atomic E-state index is 0.0442. The van der Waals surface area contributed by atoms with Crippen molar-refractivity contribution in [3.63, 3.8) is 0 Å². The van der Waals surface area contributed by atoms with Crippen LogP contribution in [0.1, 0.15) is 54.3 Å². The van der Waals surface area contributed by atoms with Crippen molar-refractivity contribution < 1.29 is 4.79 Å². The Morgan fingerprint density at radius 2 is 2.00 bits per heavy atom. The molecule has 2 N–H and O–H groups in total. The number of rotatable bonds is 3. The maximum absolute atomic E-state index is 12.2. The van der Waals surface area contributed by atoms with Gasteiger partial charge in [0, 0.05) is 49.3 Å². The number of aromatic nitrogens is 2. The molecule has 5 nitrogen and oxygen atoms in total. The molecule has 23 heavy (non-hydrogen) atoms. The lowest BCUT2D eigenvalue weighted by Crippen LogP contribution is -2.26. The fourth-order valence-electron chi connectivity index (χ4n) is 3.75. The molecule has 1 aromatic heterocycles. The molecule has 1 aliphatic heterocycles. The lowest BCUT2D eigenvalue weighted by molar-refractivity contribution is -0.116. The van der Waals surface area contributed by atoms with Crippen LogP contribution in [-0.4, -0.2) is 30.2 Å². The lowest BCUT2D eigenvalue weighted by Gasteiger charge is -2.31. The molecule has 1 atom stereocenters. The molecule has 0 saturated heterocycles. The zero-order valence-electron chi connectivity index (χ0n) is 13.6. The number of nitrogens with zero attached hydrogens (tertiary/aromatic N) is 2. The van der Waals surface area contributed by atoms with Crippen molar-refractivity contribution in [2.75, 3.05) is 24.3 Å². The predicted molar refractivity (Wildman–Crippen MR) is 91.0 cm³/mol. The van der Waals surface area contributed by atoms with Crippen LogP contribution < -0.4 is 10.2 Å². The highest BCUT2D eigenvalue weighted by Gasteiger charge is 2.36. The summed E-state index contributed by atoms with van der Waals surface area (Å²) in [6, 6.07) is 8.35. The number of aromatic amines is 1. The molecule has 2 heterocycles. The largest absolute Gasteiger partial charge is 0.377 e. The van der Waals surface area contributed by atoms with E-state index in [0.29, 0.717) is 12.3 Å². The van der Waals surface area contributed by atoms with E-state index in [9.17, 15) is 4.79 Å². The molecular weight excluding hydrogens is 288 g/mol. The summed E-state index contributed by atoms with van der Waals surface area (Å²) in [5.41, 5.74) is 4.79. The second-order valence-electron chi connectivity index (χ2n) is 6.79. The smallest absolute Gasteiger partial charge is 0.226 e. The van der Waals surface area contributed by atoms with Gasteiger partial charge >= 0.3 is 0 Å². The Morgan fingerprint density at radius 3 is 2.70 bits per heavy atom. The van der Waals surface area contributed by atoms with Crippen molar-refractivity contribution in [3.8, 4) is 0 Å². The van der Waals surface area contributed by atoms with Gasteiger partial charge in [0.15, 0.2) is 5.82 Å². The van der Waals surface area contributed by atoms with Crippen LogP contribution in [-0.2, 0) is 4.79 Å². The summed E-state index contributed by atoms with van der Waals surface area (Å²) in [5.74, 6) is 1.41. The SMILES string of the molecule is CN(C)c1ccccc1C1CC(=O)Nc2n[nH]c(C3CCC3)c21. The number of carbonyl (C=O) groups is 1. The normalized spacial score (nSPS) is 20.6. The Morgan fingerprint density at radius 1 is 1.22 bits per heavy atom. The van der Waals surface area contributed by atoms with Gasteiger partial charge in [0.2, 0.25) is 5.91 Å². The first-order chi connectivity index (χ1) is 11.1. The number of anilines is 2. The van der Waals surface area contributed by atoms with Gasteiger partial charge in [0.25, 0.3) is 0 Å². The molecule has 5 heteroatoms. The highest BCUT2D eigenvalue weighted by atomic mass is 16.1. The van der Waals surface area contributed by atoms with Crippen LogP contribution in [0, 0.1) is 0 Å². The number of hydrogen-bond donors (Lipinski definition) is 2. The summed E-state index contributed by atoms with van der Waals surface area (Å²) in [5, 5.41) is 10.5. The molecule has 1 unspecified atom stereocenters. The minimum Gasteiger partial charge on any atom is -0.377 e. The molecular formula is C18H22N4O. The first-order valence-corrected chi connectivity index (χ1v) is 8.29. The molecule has 1 saturated carbocycles.